The average Bonchev–Trinajstić information content (AvgIpc) is 3.54. The van der Waals surface area contributed by atoms with Crippen LogP contribution in [-0.2, 0) is 14.3 Å². The average molecular weight is 556 g/mol. The fourth-order valence-corrected chi connectivity index (χ4v) is 5.10. The minimum absolute atomic E-state index is 0.0932. The lowest BCUT2D eigenvalue weighted by Crippen LogP contribution is -2.53. The Hall–Kier alpha value is -4.50. The number of Topliss-reactive ketones (excluding diaryl/α,β-unsaturated/α-hetero) is 1. The van der Waals surface area contributed by atoms with E-state index < -0.39 is 36.0 Å². The number of amides is 2. The maximum absolute atomic E-state index is 14.2. The molecule has 4 rings (SSSR count). The molecule has 0 aliphatic carbocycles. The zero-order valence-corrected chi connectivity index (χ0v) is 23.1. The highest BCUT2D eigenvalue weighted by Gasteiger charge is 2.37. The van der Waals surface area contributed by atoms with Gasteiger partial charge in [-0.15, -0.1) is 0 Å². The van der Waals surface area contributed by atoms with Crippen molar-refractivity contribution in [3.63, 3.8) is 0 Å². The van der Waals surface area contributed by atoms with E-state index in [9.17, 15) is 14.4 Å². The molecule has 1 unspecified atom stereocenters. The third-order valence-corrected chi connectivity index (χ3v) is 7.17. The number of nitrogen functional groups attached to an aromatic ring is 1. The fraction of sp³-hybridized carbons (Fsp3) is 0.312. The second-order valence-electron chi connectivity index (χ2n) is 10.1. The number of hydrogen-bond acceptors (Lipinski definition) is 6. The summed E-state index contributed by atoms with van der Waals surface area (Å²) in [6.07, 6.45) is 1.44. The number of carbonyl (C=O) groups is 3. The molecule has 3 aromatic carbocycles. The van der Waals surface area contributed by atoms with Gasteiger partial charge in [0.25, 0.3) is 0 Å². The normalized spacial score (nSPS) is 16.0. The Balaban J connectivity index is 1.73. The molecule has 1 aliphatic rings. The highest BCUT2D eigenvalue weighted by Crippen LogP contribution is 2.30. The molecule has 1 aliphatic heterocycles. The van der Waals surface area contributed by atoms with Gasteiger partial charge in [0.1, 0.15) is 17.9 Å². The Kier molecular flexibility index (Phi) is 10.2. The van der Waals surface area contributed by atoms with Crippen molar-refractivity contribution in [2.24, 2.45) is 5.73 Å². The number of ketones is 1. The molecule has 0 aromatic heterocycles. The number of carbonyl (C=O) groups excluding carboxylic acids is 3. The predicted molar refractivity (Wildman–Crippen MR) is 158 cm³/mol. The van der Waals surface area contributed by atoms with Crippen LogP contribution in [0.3, 0.4) is 0 Å². The quantitative estimate of drug-likeness (QED) is 0.170. The van der Waals surface area contributed by atoms with Crippen LogP contribution in [0.4, 0.5) is 4.79 Å². The summed E-state index contributed by atoms with van der Waals surface area (Å²) in [6.45, 7) is 2.81. The van der Waals surface area contributed by atoms with Crippen LogP contribution >= 0.6 is 0 Å². The van der Waals surface area contributed by atoms with E-state index in [-0.39, 0.29) is 18.2 Å². The lowest BCUT2D eigenvalue weighted by atomic mass is 9.84. The first-order chi connectivity index (χ1) is 19.9. The number of alkyl carbamates (subject to hydrolysis) is 1. The second-order valence-corrected chi connectivity index (χ2v) is 10.1. The van der Waals surface area contributed by atoms with E-state index in [1.165, 1.54) is 0 Å². The van der Waals surface area contributed by atoms with Gasteiger partial charge >= 0.3 is 6.09 Å². The van der Waals surface area contributed by atoms with Crippen LogP contribution in [0.25, 0.3) is 0 Å². The number of nitrogens with one attached hydrogen (secondary N) is 4. The van der Waals surface area contributed by atoms with Crippen molar-refractivity contribution in [1.29, 1.82) is 5.41 Å². The van der Waals surface area contributed by atoms with Crippen molar-refractivity contribution in [3.8, 4) is 0 Å². The number of benzene rings is 3. The van der Waals surface area contributed by atoms with Gasteiger partial charge in [0, 0.05) is 11.5 Å². The SMILES string of the molecule is CCCOC(=O)N[C@@H](C(=O)NC(C(=O)[C@@H]1CCCN1)c1ccc(C(=N)N)cc1)C(c1ccccc1)c1ccccc1. The number of amidine groups is 1. The molecule has 0 saturated carbocycles. The van der Waals surface area contributed by atoms with Gasteiger partial charge in [-0.3, -0.25) is 15.0 Å². The number of ether oxygens (including phenoxy) is 1. The monoisotopic (exact) mass is 555 g/mol. The first-order valence-electron chi connectivity index (χ1n) is 13.9. The number of rotatable bonds is 12. The summed E-state index contributed by atoms with van der Waals surface area (Å²) in [5.74, 6) is -1.35. The molecule has 6 N–H and O–H groups in total. The number of nitrogens with two attached hydrogens (primary N) is 1. The van der Waals surface area contributed by atoms with E-state index in [0.29, 0.717) is 24.0 Å². The summed E-state index contributed by atoms with van der Waals surface area (Å²) in [5, 5.41) is 16.7. The van der Waals surface area contributed by atoms with Gasteiger partial charge < -0.3 is 26.4 Å². The molecule has 0 radical (unpaired) electrons. The lowest BCUT2D eigenvalue weighted by Gasteiger charge is -2.30. The number of hydrogen-bond donors (Lipinski definition) is 5. The van der Waals surface area contributed by atoms with Crippen LogP contribution in [0.15, 0.2) is 84.9 Å². The topological polar surface area (TPSA) is 146 Å². The Labute approximate surface area is 240 Å². The fourth-order valence-electron chi connectivity index (χ4n) is 5.10. The molecular weight excluding hydrogens is 518 g/mol. The lowest BCUT2D eigenvalue weighted by molar-refractivity contribution is -0.130. The van der Waals surface area contributed by atoms with Crippen LogP contribution in [0.1, 0.15) is 60.4 Å². The molecular formula is C32H37N5O4. The standard InChI is InChI=1S/C32H37N5O4/c1-2-20-41-32(40)37-28(26(21-10-5-3-6-11-21)22-12-7-4-8-13-22)31(39)36-27(29(38)25-14-9-19-35-25)23-15-17-24(18-16-23)30(33)34/h3-8,10-13,15-18,25-28,35H,2,9,14,19-20H2,1H3,(H3,33,34)(H,36,39)(H,37,40)/t25-,27?,28+/m0/s1. The molecule has 2 amide bonds. The van der Waals surface area contributed by atoms with Crippen molar-refractivity contribution in [3.05, 3.63) is 107 Å². The predicted octanol–water partition coefficient (Wildman–Crippen LogP) is 3.79. The molecule has 9 heteroatoms. The van der Waals surface area contributed by atoms with Crippen LogP contribution in [0.2, 0.25) is 0 Å². The molecule has 214 valence electrons. The molecule has 3 atom stereocenters. The highest BCUT2D eigenvalue weighted by molar-refractivity contribution is 5.97. The summed E-state index contributed by atoms with van der Waals surface area (Å²) >= 11 is 0. The minimum Gasteiger partial charge on any atom is -0.450 e. The zero-order chi connectivity index (χ0) is 29.2. The molecule has 41 heavy (non-hydrogen) atoms. The Morgan fingerprint density at radius 3 is 2.05 bits per heavy atom. The molecule has 3 aromatic rings. The molecule has 0 bridgehead atoms. The molecule has 0 spiro atoms. The summed E-state index contributed by atoms with van der Waals surface area (Å²) in [7, 11) is 0. The van der Waals surface area contributed by atoms with E-state index in [0.717, 1.165) is 24.1 Å². The van der Waals surface area contributed by atoms with Gasteiger partial charge in [0.2, 0.25) is 5.91 Å². The van der Waals surface area contributed by atoms with E-state index in [1.54, 1.807) is 24.3 Å². The molecule has 1 saturated heterocycles. The van der Waals surface area contributed by atoms with Crippen LogP contribution < -0.4 is 21.7 Å². The largest absolute Gasteiger partial charge is 0.450 e. The van der Waals surface area contributed by atoms with Crippen LogP contribution in [0.5, 0.6) is 0 Å². The minimum atomic E-state index is -1.09. The van der Waals surface area contributed by atoms with Gasteiger partial charge in [-0.2, -0.15) is 0 Å². The maximum atomic E-state index is 14.2. The van der Waals surface area contributed by atoms with Crippen molar-refractivity contribution in [2.45, 2.75) is 50.2 Å². The smallest absolute Gasteiger partial charge is 0.407 e. The van der Waals surface area contributed by atoms with Gasteiger partial charge in [0.05, 0.1) is 12.6 Å². The van der Waals surface area contributed by atoms with E-state index in [4.69, 9.17) is 15.9 Å². The summed E-state index contributed by atoms with van der Waals surface area (Å²) in [5.41, 5.74) is 8.34. The van der Waals surface area contributed by atoms with Crippen molar-refractivity contribution in [2.75, 3.05) is 13.2 Å². The van der Waals surface area contributed by atoms with Crippen molar-refractivity contribution >= 4 is 23.6 Å². The first kappa shape index (κ1) is 29.5. The zero-order valence-electron chi connectivity index (χ0n) is 23.1. The van der Waals surface area contributed by atoms with E-state index >= 15 is 0 Å². The summed E-state index contributed by atoms with van der Waals surface area (Å²) in [6, 6.07) is 23.1. The highest BCUT2D eigenvalue weighted by atomic mass is 16.5. The Morgan fingerprint density at radius 1 is 0.927 bits per heavy atom. The first-order valence-corrected chi connectivity index (χ1v) is 13.9. The molecule has 1 fully saturated rings. The molecule has 9 nitrogen and oxygen atoms in total. The van der Waals surface area contributed by atoms with Crippen LogP contribution in [0, 0.1) is 5.41 Å². The van der Waals surface area contributed by atoms with Gasteiger partial charge in [-0.1, -0.05) is 91.9 Å². The van der Waals surface area contributed by atoms with E-state index in [2.05, 4.69) is 16.0 Å². The van der Waals surface area contributed by atoms with E-state index in [1.807, 2.05) is 67.6 Å². The second kappa shape index (κ2) is 14.2. The van der Waals surface area contributed by atoms with Crippen LogP contribution in [-0.4, -0.2) is 48.9 Å². The summed E-state index contributed by atoms with van der Waals surface area (Å²) < 4.78 is 5.31. The Morgan fingerprint density at radius 2 is 1.54 bits per heavy atom. The third-order valence-electron chi connectivity index (χ3n) is 7.17. The Bertz CT molecular complexity index is 1290. The molecule has 1 heterocycles. The maximum Gasteiger partial charge on any atom is 0.407 e. The van der Waals surface area contributed by atoms with Gasteiger partial charge in [-0.05, 0) is 42.5 Å². The summed E-state index contributed by atoms with van der Waals surface area (Å²) in [4.78, 5) is 40.8. The van der Waals surface area contributed by atoms with Crippen molar-refractivity contribution in [1.82, 2.24) is 16.0 Å². The van der Waals surface area contributed by atoms with Gasteiger partial charge in [-0.25, -0.2) is 4.79 Å². The van der Waals surface area contributed by atoms with Gasteiger partial charge in [0.15, 0.2) is 5.78 Å². The van der Waals surface area contributed by atoms with Crippen molar-refractivity contribution < 1.29 is 19.1 Å². The third kappa shape index (κ3) is 7.58.